The molecule has 8 heteroatoms. The predicted molar refractivity (Wildman–Crippen MR) is 129 cm³/mol. The number of methoxy groups -OCH3 is 1. The van der Waals surface area contributed by atoms with E-state index in [1.807, 2.05) is 60.7 Å². The van der Waals surface area contributed by atoms with Gasteiger partial charge >= 0.3 is 5.97 Å². The Morgan fingerprint density at radius 3 is 2.39 bits per heavy atom. The van der Waals surface area contributed by atoms with Crippen LogP contribution in [-0.4, -0.2) is 35.9 Å². The van der Waals surface area contributed by atoms with E-state index >= 15 is 0 Å². The molecule has 1 N–H and O–H groups in total. The molecule has 1 heterocycles. The topological polar surface area (TPSA) is 88.4 Å². The molecular weight excluding hydrogens is 440 g/mol. The van der Waals surface area contributed by atoms with Gasteiger partial charge in [-0.2, -0.15) is 0 Å². The number of anilines is 1. The quantitative estimate of drug-likeness (QED) is 0.501. The molecule has 0 radical (unpaired) electrons. The summed E-state index contributed by atoms with van der Waals surface area (Å²) < 4.78 is 10.8. The molecule has 1 saturated heterocycles. The zero-order valence-electron chi connectivity index (χ0n) is 17.7. The van der Waals surface area contributed by atoms with E-state index in [1.165, 1.54) is 18.9 Å². The van der Waals surface area contributed by atoms with Gasteiger partial charge in [-0.05, 0) is 48.2 Å². The zero-order valence-corrected chi connectivity index (χ0v) is 18.5. The highest BCUT2D eigenvalue weighted by Gasteiger charge is 2.35. The Morgan fingerprint density at radius 1 is 1.03 bits per heavy atom. The Balaban J connectivity index is 1.77. The molecule has 0 unspecified atom stereocenters. The van der Waals surface area contributed by atoms with E-state index in [9.17, 15) is 9.59 Å². The molecule has 0 atom stereocenters. The Bertz CT molecular complexity index is 1230. The number of carboxylic acids is 1. The molecule has 166 valence electrons. The van der Waals surface area contributed by atoms with Crippen LogP contribution in [0, 0.1) is 0 Å². The van der Waals surface area contributed by atoms with Crippen molar-refractivity contribution in [3.8, 4) is 11.5 Å². The minimum absolute atomic E-state index is 0.243. The van der Waals surface area contributed by atoms with Gasteiger partial charge in [0.15, 0.2) is 23.3 Å². The summed E-state index contributed by atoms with van der Waals surface area (Å²) in [5.41, 5.74) is 1.95. The van der Waals surface area contributed by atoms with Crippen LogP contribution >= 0.6 is 11.8 Å². The summed E-state index contributed by atoms with van der Waals surface area (Å²) in [7, 11) is 1.47. The SMILES string of the molecule is COc1cccc(C=C2SC(=Nc3ccccc3)N(c3ccccc3)C2=O)c1OCC(=O)O. The summed E-state index contributed by atoms with van der Waals surface area (Å²) in [5.74, 6) is -0.728. The van der Waals surface area contributed by atoms with E-state index in [4.69, 9.17) is 14.6 Å². The highest BCUT2D eigenvalue weighted by atomic mass is 32.2. The lowest BCUT2D eigenvalue weighted by Gasteiger charge is -2.15. The molecule has 33 heavy (non-hydrogen) atoms. The van der Waals surface area contributed by atoms with E-state index < -0.39 is 12.6 Å². The minimum Gasteiger partial charge on any atom is -0.493 e. The number of amidine groups is 1. The van der Waals surface area contributed by atoms with Gasteiger partial charge in [0.05, 0.1) is 23.4 Å². The average molecular weight is 461 g/mol. The number of carbonyl (C=O) groups excluding carboxylic acids is 1. The number of aliphatic carboxylic acids is 1. The molecule has 0 aliphatic carbocycles. The first kappa shape index (κ1) is 22.2. The second-order valence-electron chi connectivity index (χ2n) is 6.88. The Labute approximate surface area is 195 Å². The number of rotatable bonds is 7. The van der Waals surface area contributed by atoms with E-state index in [2.05, 4.69) is 4.99 Å². The number of amides is 1. The van der Waals surface area contributed by atoms with Crippen LogP contribution in [0.4, 0.5) is 11.4 Å². The molecule has 1 amide bonds. The standard InChI is InChI=1S/C25H20N2O5S/c1-31-20-14-8-9-17(23(20)32-16-22(28)29)15-21-24(30)27(19-12-6-3-7-13-19)25(33-21)26-18-10-4-2-5-11-18/h2-15H,16H2,1H3,(H,28,29). The van der Waals surface area contributed by atoms with Crippen LogP contribution in [0.15, 0.2) is 88.8 Å². The summed E-state index contributed by atoms with van der Waals surface area (Å²) >= 11 is 1.23. The third kappa shape index (κ3) is 5.07. The number of hydrogen-bond donors (Lipinski definition) is 1. The van der Waals surface area contributed by atoms with Gasteiger partial charge in [0.25, 0.3) is 5.91 Å². The number of para-hydroxylation sites is 3. The number of carbonyl (C=O) groups is 2. The molecule has 0 saturated carbocycles. The number of nitrogens with zero attached hydrogens (tertiary/aromatic N) is 2. The maximum absolute atomic E-state index is 13.4. The van der Waals surface area contributed by atoms with Crippen LogP contribution in [0.1, 0.15) is 5.56 Å². The van der Waals surface area contributed by atoms with Crippen LogP contribution in [0.25, 0.3) is 6.08 Å². The van der Waals surface area contributed by atoms with Gasteiger partial charge in [0.1, 0.15) is 0 Å². The van der Waals surface area contributed by atoms with Crippen LogP contribution in [0.2, 0.25) is 0 Å². The molecule has 7 nitrogen and oxygen atoms in total. The second kappa shape index (κ2) is 10.1. The second-order valence-corrected chi connectivity index (χ2v) is 7.89. The molecule has 3 aromatic carbocycles. The van der Waals surface area contributed by atoms with Crippen molar-refractivity contribution in [3.63, 3.8) is 0 Å². The first-order valence-electron chi connectivity index (χ1n) is 10.0. The number of aliphatic imine (C=N–C) groups is 1. The highest BCUT2D eigenvalue weighted by Crippen LogP contribution is 2.40. The molecule has 1 fully saturated rings. The summed E-state index contributed by atoms with van der Waals surface area (Å²) in [6.45, 7) is -0.533. The van der Waals surface area contributed by atoms with Crippen molar-refractivity contribution in [2.45, 2.75) is 0 Å². The summed E-state index contributed by atoms with van der Waals surface area (Å²) in [6, 6.07) is 23.8. The molecule has 0 bridgehead atoms. The average Bonchev–Trinajstić information content (AvgIpc) is 3.13. The van der Waals surface area contributed by atoms with Crippen LogP contribution in [0.3, 0.4) is 0 Å². The third-order valence-corrected chi connectivity index (χ3v) is 5.63. The fourth-order valence-corrected chi connectivity index (χ4v) is 4.20. The first-order chi connectivity index (χ1) is 16.1. The van der Waals surface area contributed by atoms with Crippen molar-refractivity contribution in [2.24, 2.45) is 4.99 Å². The van der Waals surface area contributed by atoms with E-state index in [0.717, 1.165) is 5.69 Å². The molecule has 0 aromatic heterocycles. The van der Waals surface area contributed by atoms with Gasteiger partial charge in [-0.3, -0.25) is 9.69 Å². The minimum atomic E-state index is -1.11. The lowest BCUT2D eigenvalue weighted by atomic mass is 10.1. The molecule has 3 aromatic rings. The maximum Gasteiger partial charge on any atom is 0.341 e. The van der Waals surface area contributed by atoms with Gasteiger partial charge in [-0.25, -0.2) is 9.79 Å². The van der Waals surface area contributed by atoms with Crippen molar-refractivity contribution in [1.29, 1.82) is 0 Å². The fraction of sp³-hybridized carbons (Fsp3) is 0.0800. The Hall–Kier alpha value is -4.04. The van der Waals surface area contributed by atoms with Gasteiger partial charge in [-0.1, -0.05) is 48.5 Å². The van der Waals surface area contributed by atoms with Crippen molar-refractivity contribution in [2.75, 3.05) is 18.6 Å². The molecule has 0 spiro atoms. The molecular formula is C25H20N2O5S. The van der Waals surface area contributed by atoms with E-state index in [-0.39, 0.29) is 11.7 Å². The smallest absolute Gasteiger partial charge is 0.341 e. The number of benzene rings is 3. The third-order valence-electron chi connectivity index (χ3n) is 4.66. The lowest BCUT2D eigenvalue weighted by Crippen LogP contribution is -2.28. The Kier molecular flexibility index (Phi) is 6.75. The summed E-state index contributed by atoms with van der Waals surface area (Å²) in [5, 5.41) is 9.54. The highest BCUT2D eigenvalue weighted by molar-refractivity contribution is 8.19. The van der Waals surface area contributed by atoms with Gasteiger partial charge in [-0.15, -0.1) is 0 Å². The first-order valence-corrected chi connectivity index (χ1v) is 10.8. The van der Waals surface area contributed by atoms with Crippen LogP contribution < -0.4 is 14.4 Å². The van der Waals surface area contributed by atoms with Gasteiger partial charge in [0, 0.05) is 5.56 Å². The predicted octanol–water partition coefficient (Wildman–Crippen LogP) is 4.97. The fourth-order valence-electron chi connectivity index (χ4n) is 3.20. The van der Waals surface area contributed by atoms with E-state index in [0.29, 0.717) is 27.1 Å². The Morgan fingerprint density at radius 2 is 1.73 bits per heavy atom. The summed E-state index contributed by atoms with van der Waals surface area (Å²) in [6.07, 6.45) is 1.66. The molecule has 4 rings (SSSR count). The van der Waals surface area contributed by atoms with Crippen LogP contribution in [0.5, 0.6) is 11.5 Å². The van der Waals surface area contributed by atoms with E-state index in [1.54, 1.807) is 29.2 Å². The van der Waals surface area contributed by atoms with Crippen molar-refractivity contribution in [1.82, 2.24) is 0 Å². The number of hydrogen-bond acceptors (Lipinski definition) is 6. The van der Waals surface area contributed by atoms with Crippen molar-refractivity contribution < 1.29 is 24.2 Å². The van der Waals surface area contributed by atoms with Crippen LogP contribution in [-0.2, 0) is 9.59 Å². The summed E-state index contributed by atoms with van der Waals surface area (Å²) in [4.78, 5) is 31.1. The normalized spacial score (nSPS) is 15.8. The number of ether oxygens (including phenoxy) is 2. The van der Waals surface area contributed by atoms with Gasteiger partial charge in [0.2, 0.25) is 0 Å². The lowest BCUT2D eigenvalue weighted by molar-refractivity contribution is -0.139. The molecule has 1 aliphatic heterocycles. The largest absolute Gasteiger partial charge is 0.493 e. The van der Waals surface area contributed by atoms with Gasteiger partial charge < -0.3 is 14.6 Å². The number of carboxylic acid groups (broad SMARTS) is 1. The van der Waals surface area contributed by atoms with Crippen molar-refractivity contribution >= 4 is 46.3 Å². The maximum atomic E-state index is 13.4. The molecule has 1 aliphatic rings. The number of thioether (sulfide) groups is 1. The monoisotopic (exact) mass is 460 g/mol. The zero-order chi connectivity index (χ0) is 23.2. The van der Waals surface area contributed by atoms with Crippen molar-refractivity contribution in [3.05, 3.63) is 89.3 Å².